The molecule has 0 radical (unpaired) electrons. The molecule has 0 aromatic heterocycles. The van der Waals surface area contributed by atoms with Gasteiger partial charge in [-0.15, -0.1) is 0 Å². The van der Waals surface area contributed by atoms with Crippen molar-refractivity contribution in [3.05, 3.63) is 35.1 Å². The van der Waals surface area contributed by atoms with Crippen molar-refractivity contribution in [3.63, 3.8) is 0 Å². The second kappa shape index (κ2) is 8.56. The molecule has 22 heavy (non-hydrogen) atoms. The minimum absolute atomic E-state index is 0.182. The standard InChI is InChI=1S/C16H23F3O2S/c1-12(2)22(20,21)11-7-5-3-4-6-8-13-9-10-14(17)16(19)15(13)18/h9-10,12H,3-8,11H2,1-2H3. The Labute approximate surface area is 130 Å². The number of unbranched alkanes of at least 4 members (excludes halogenated alkanes) is 4. The van der Waals surface area contributed by atoms with Crippen LogP contribution in [-0.4, -0.2) is 19.4 Å². The van der Waals surface area contributed by atoms with Crippen molar-refractivity contribution in [1.82, 2.24) is 0 Å². The molecule has 0 N–H and O–H groups in total. The first kappa shape index (κ1) is 19.0. The van der Waals surface area contributed by atoms with Crippen LogP contribution in [0.4, 0.5) is 13.2 Å². The highest BCUT2D eigenvalue weighted by atomic mass is 32.2. The SMILES string of the molecule is CC(C)S(=O)(=O)CCCCCCCc1ccc(F)c(F)c1F. The van der Waals surface area contributed by atoms with Gasteiger partial charge in [0.1, 0.15) is 0 Å². The number of aryl methyl sites for hydroxylation is 1. The Hall–Kier alpha value is -1.04. The molecule has 0 aliphatic carbocycles. The second-order valence-electron chi connectivity index (χ2n) is 5.77. The molecule has 0 unspecified atom stereocenters. The van der Waals surface area contributed by atoms with Crippen LogP contribution in [0.25, 0.3) is 0 Å². The van der Waals surface area contributed by atoms with Crippen molar-refractivity contribution in [2.75, 3.05) is 5.75 Å². The Morgan fingerprint density at radius 1 is 0.909 bits per heavy atom. The van der Waals surface area contributed by atoms with Gasteiger partial charge in [-0.05, 0) is 44.7 Å². The van der Waals surface area contributed by atoms with E-state index in [9.17, 15) is 21.6 Å². The maximum absolute atomic E-state index is 13.4. The summed E-state index contributed by atoms with van der Waals surface area (Å²) in [6, 6.07) is 2.20. The molecule has 1 aromatic rings. The molecule has 0 atom stereocenters. The summed E-state index contributed by atoms with van der Waals surface area (Å²) in [5.41, 5.74) is 0.182. The van der Waals surface area contributed by atoms with Gasteiger partial charge >= 0.3 is 0 Å². The molecule has 0 amide bonds. The summed E-state index contributed by atoms with van der Waals surface area (Å²) >= 11 is 0. The minimum Gasteiger partial charge on any atom is -0.229 e. The zero-order valence-corrected chi connectivity index (χ0v) is 13.9. The molecule has 0 aliphatic rings. The van der Waals surface area contributed by atoms with Crippen molar-refractivity contribution in [1.29, 1.82) is 0 Å². The van der Waals surface area contributed by atoms with Gasteiger partial charge < -0.3 is 0 Å². The summed E-state index contributed by atoms with van der Waals surface area (Å²) in [7, 11) is -2.98. The molecule has 0 aliphatic heterocycles. The average Bonchev–Trinajstić information content (AvgIpc) is 2.45. The number of hydrogen-bond acceptors (Lipinski definition) is 2. The normalized spacial score (nSPS) is 12.1. The Bertz CT molecular complexity index is 583. The van der Waals surface area contributed by atoms with Gasteiger partial charge in [-0.3, -0.25) is 0 Å². The van der Waals surface area contributed by atoms with Crippen LogP contribution in [0.5, 0.6) is 0 Å². The molecule has 0 heterocycles. The predicted octanol–water partition coefficient (Wildman–Crippen LogP) is 4.42. The lowest BCUT2D eigenvalue weighted by Crippen LogP contribution is -2.17. The number of halogens is 3. The largest absolute Gasteiger partial charge is 0.229 e. The van der Waals surface area contributed by atoms with Crippen LogP contribution in [0.15, 0.2) is 12.1 Å². The van der Waals surface area contributed by atoms with E-state index in [0.717, 1.165) is 25.3 Å². The third-order valence-corrected chi connectivity index (χ3v) is 6.00. The number of hydrogen-bond donors (Lipinski definition) is 0. The Morgan fingerprint density at radius 3 is 2.14 bits per heavy atom. The van der Waals surface area contributed by atoms with Gasteiger partial charge in [0.2, 0.25) is 0 Å². The van der Waals surface area contributed by atoms with Gasteiger partial charge in [0, 0.05) is 0 Å². The molecular weight excluding hydrogens is 313 g/mol. The second-order valence-corrected chi connectivity index (χ2v) is 8.44. The molecule has 6 heteroatoms. The first-order valence-corrected chi connectivity index (χ1v) is 9.31. The van der Waals surface area contributed by atoms with Gasteiger partial charge in [-0.25, -0.2) is 21.6 Å². The van der Waals surface area contributed by atoms with Gasteiger partial charge in [0.05, 0.1) is 11.0 Å². The van der Waals surface area contributed by atoms with E-state index in [2.05, 4.69) is 0 Å². The quantitative estimate of drug-likeness (QED) is 0.494. The zero-order chi connectivity index (χ0) is 16.8. The zero-order valence-electron chi connectivity index (χ0n) is 13.0. The topological polar surface area (TPSA) is 34.1 Å². The van der Waals surface area contributed by atoms with Crippen LogP contribution in [0.2, 0.25) is 0 Å². The van der Waals surface area contributed by atoms with E-state index in [1.807, 2.05) is 0 Å². The fourth-order valence-corrected chi connectivity index (χ4v) is 3.22. The van der Waals surface area contributed by atoms with Crippen LogP contribution in [0.3, 0.4) is 0 Å². The van der Waals surface area contributed by atoms with Crippen molar-refractivity contribution in [2.45, 2.75) is 57.6 Å². The number of sulfone groups is 1. The highest BCUT2D eigenvalue weighted by molar-refractivity contribution is 7.91. The molecular formula is C16H23F3O2S. The monoisotopic (exact) mass is 336 g/mol. The maximum Gasteiger partial charge on any atom is 0.194 e. The summed E-state index contributed by atoms with van der Waals surface area (Å²) in [5, 5.41) is -0.344. The van der Waals surface area contributed by atoms with Crippen molar-refractivity contribution >= 4 is 9.84 Å². The molecule has 0 saturated carbocycles. The average molecular weight is 336 g/mol. The fourth-order valence-electron chi connectivity index (χ4n) is 2.14. The van der Waals surface area contributed by atoms with Crippen LogP contribution < -0.4 is 0 Å². The lowest BCUT2D eigenvalue weighted by molar-refractivity contribution is 0.439. The van der Waals surface area contributed by atoms with Crippen molar-refractivity contribution < 1.29 is 21.6 Å². The molecule has 1 aromatic carbocycles. The van der Waals surface area contributed by atoms with Gasteiger partial charge in [-0.2, -0.15) is 0 Å². The molecule has 0 spiro atoms. The predicted molar refractivity (Wildman–Crippen MR) is 82.0 cm³/mol. The van der Waals surface area contributed by atoms with Crippen LogP contribution >= 0.6 is 0 Å². The maximum atomic E-state index is 13.4. The molecule has 1 rings (SSSR count). The third kappa shape index (κ3) is 5.63. The summed E-state index contributed by atoms with van der Waals surface area (Å²) in [4.78, 5) is 0. The Balaban J connectivity index is 2.23. The number of rotatable bonds is 9. The molecule has 0 saturated heterocycles. The summed E-state index contributed by atoms with van der Waals surface area (Å²) in [6.45, 7) is 3.34. The van der Waals surface area contributed by atoms with E-state index in [-0.39, 0.29) is 16.6 Å². The molecule has 2 nitrogen and oxygen atoms in total. The Kier molecular flexibility index (Phi) is 7.39. The minimum atomic E-state index is -2.98. The van der Waals surface area contributed by atoms with Crippen LogP contribution in [0.1, 0.15) is 51.5 Å². The van der Waals surface area contributed by atoms with Crippen molar-refractivity contribution in [2.24, 2.45) is 0 Å². The van der Waals surface area contributed by atoms with Gasteiger partial charge in [-0.1, -0.05) is 25.3 Å². The van der Waals surface area contributed by atoms with E-state index in [1.54, 1.807) is 13.8 Å². The van der Waals surface area contributed by atoms with E-state index in [1.165, 1.54) is 6.07 Å². The molecule has 0 fully saturated rings. The van der Waals surface area contributed by atoms with E-state index >= 15 is 0 Å². The first-order valence-electron chi connectivity index (χ1n) is 7.59. The summed E-state index contributed by atoms with van der Waals surface area (Å²) < 4.78 is 62.4. The lowest BCUT2D eigenvalue weighted by atomic mass is 10.0. The third-order valence-electron chi connectivity index (χ3n) is 3.71. The van der Waals surface area contributed by atoms with Crippen LogP contribution in [-0.2, 0) is 16.3 Å². The highest BCUT2D eigenvalue weighted by Crippen LogP contribution is 2.18. The van der Waals surface area contributed by atoms with E-state index in [4.69, 9.17) is 0 Å². The fraction of sp³-hybridized carbons (Fsp3) is 0.625. The smallest absolute Gasteiger partial charge is 0.194 e. The van der Waals surface area contributed by atoms with Crippen LogP contribution in [0, 0.1) is 17.5 Å². The van der Waals surface area contributed by atoms with E-state index in [0.29, 0.717) is 19.3 Å². The Morgan fingerprint density at radius 2 is 1.50 bits per heavy atom. The van der Waals surface area contributed by atoms with E-state index < -0.39 is 27.3 Å². The lowest BCUT2D eigenvalue weighted by Gasteiger charge is -2.07. The summed E-state index contributed by atoms with van der Waals surface area (Å²) in [5.74, 6) is -3.50. The first-order chi connectivity index (χ1) is 10.3. The summed E-state index contributed by atoms with van der Waals surface area (Å²) in [6.07, 6.45) is 4.09. The van der Waals surface area contributed by atoms with Gasteiger partial charge in [0.15, 0.2) is 27.3 Å². The van der Waals surface area contributed by atoms with Crippen molar-refractivity contribution in [3.8, 4) is 0 Å². The highest BCUT2D eigenvalue weighted by Gasteiger charge is 2.15. The molecule has 0 bridgehead atoms. The van der Waals surface area contributed by atoms with Gasteiger partial charge in [0.25, 0.3) is 0 Å². The number of benzene rings is 1. The molecule has 126 valence electrons.